The summed E-state index contributed by atoms with van der Waals surface area (Å²) in [6.07, 6.45) is 2.41. The van der Waals surface area contributed by atoms with Gasteiger partial charge in [0.2, 0.25) is 0 Å². The molecule has 6 heteroatoms. The molecule has 4 rings (SSSR count). The molecule has 1 heterocycles. The van der Waals surface area contributed by atoms with Gasteiger partial charge >= 0.3 is 0 Å². The minimum absolute atomic E-state index is 0.207. The Labute approximate surface area is 186 Å². The van der Waals surface area contributed by atoms with Gasteiger partial charge in [0.05, 0.1) is 17.7 Å². The van der Waals surface area contributed by atoms with Crippen LogP contribution in [0.1, 0.15) is 45.5 Å². The van der Waals surface area contributed by atoms with Crippen molar-refractivity contribution in [2.45, 2.75) is 25.9 Å². The van der Waals surface area contributed by atoms with Crippen LogP contribution in [0, 0.1) is 5.82 Å². The van der Waals surface area contributed by atoms with E-state index in [2.05, 4.69) is 0 Å². The predicted octanol–water partition coefficient (Wildman–Crippen LogP) is 5.25. The fourth-order valence-electron chi connectivity index (χ4n) is 3.61. The number of carbonyl (C=O) groups is 2. The van der Waals surface area contributed by atoms with E-state index in [9.17, 15) is 14.0 Å². The average molecular weight is 433 g/mol. The third-order valence-corrected chi connectivity index (χ3v) is 5.29. The number of benzene rings is 3. The third kappa shape index (κ3) is 5.14. The molecule has 0 fully saturated rings. The van der Waals surface area contributed by atoms with Crippen LogP contribution in [0.5, 0.6) is 11.5 Å². The van der Waals surface area contributed by atoms with E-state index >= 15 is 0 Å². The number of fused-ring (bicyclic) bond motifs is 1. The van der Waals surface area contributed by atoms with Crippen LogP contribution in [0.15, 0.2) is 72.8 Å². The Morgan fingerprint density at radius 2 is 1.38 bits per heavy atom. The summed E-state index contributed by atoms with van der Waals surface area (Å²) in [7, 11) is 0. The Bertz CT molecular complexity index is 1060. The number of halogens is 1. The molecule has 1 aliphatic rings. The quantitative estimate of drug-likeness (QED) is 0.324. The van der Waals surface area contributed by atoms with Crippen molar-refractivity contribution in [3.63, 3.8) is 0 Å². The fourth-order valence-corrected chi connectivity index (χ4v) is 3.61. The Kier molecular flexibility index (Phi) is 6.80. The Hall–Kier alpha value is -3.67. The highest BCUT2D eigenvalue weighted by Crippen LogP contribution is 2.23. The first-order valence-electron chi connectivity index (χ1n) is 10.7. The largest absolute Gasteiger partial charge is 0.494 e. The molecular formula is C26H24FNO4. The normalized spacial score (nSPS) is 12.7. The smallest absolute Gasteiger partial charge is 0.261 e. The van der Waals surface area contributed by atoms with Crippen LogP contribution in [0.25, 0.3) is 0 Å². The van der Waals surface area contributed by atoms with Gasteiger partial charge in [-0.25, -0.2) is 4.39 Å². The van der Waals surface area contributed by atoms with E-state index in [1.165, 1.54) is 17.0 Å². The number of carbonyl (C=O) groups excluding carboxylic acids is 2. The molecule has 2 amide bonds. The van der Waals surface area contributed by atoms with Crippen molar-refractivity contribution in [1.29, 1.82) is 0 Å². The summed E-state index contributed by atoms with van der Waals surface area (Å²) in [5.74, 6) is 0.729. The molecule has 0 aliphatic carbocycles. The van der Waals surface area contributed by atoms with Crippen molar-refractivity contribution in [3.05, 3.63) is 95.3 Å². The topological polar surface area (TPSA) is 55.8 Å². The number of amides is 2. The van der Waals surface area contributed by atoms with Gasteiger partial charge < -0.3 is 9.47 Å². The van der Waals surface area contributed by atoms with Gasteiger partial charge in [0.1, 0.15) is 23.9 Å². The summed E-state index contributed by atoms with van der Waals surface area (Å²) < 4.78 is 24.6. The second kappa shape index (κ2) is 10.1. The number of imide groups is 1. The summed E-state index contributed by atoms with van der Waals surface area (Å²) in [4.78, 5) is 26.0. The molecule has 0 spiro atoms. The van der Waals surface area contributed by atoms with Gasteiger partial charge in [-0.2, -0.15) is 0 Å². The van der Waals surface area contributed by atoms with Gasteiger partial charge in [0.25, 0.3) is 11.8 Å². The molecule has 1 aliphatic heterocycles. The zero-order valence-electron chi connectivity index (χ0n) is 17.6. The lowest BCUT2D eigenvalue weighted by Gasteiger charge is -2.13. The van der Waals surface area contributed by atoms with Crippen LogP contribution in [0.4, 0.5) is 4.39 Å². The monoisotopic (exact) mass is 433 g/mol. The second-order valence-electron chi connectivity index (χ2n) is 7.61. The molecule has 0 atom stereocenters. The van der Waals surface area contributed by atoms with Gasteiger partial charge in [-0.05, 0) is 73.4 Å². The maximum absolute atomic E-state index is 13.2. The van der Waals surface area contributed by atoms with Gasteiger partial charge in [0.15, 0.2) is 0 Å². The lowest BCUT2D eigenvalue weighted by atomic mass is 10.1. The minimum atomic E-state index is -0.279. The number of hydrogen-bond donors (Lipinski definition) is 0. The number of hydrogen-bond acceptors (Lipinski definition) is 4. The molecule has 0 N–H and O–H groups in total. The van der Waals surface area contributed by atoms with Crippen LogP contribution in [-0.2, 0) is 6.61 Å². The standard InChI is InChI=1S/C26H24FNO4/c27-20-8-6-7-19(17-20)18-32-22-13-11-21(12-14-22)31-16-5-1-4-15-28-25(29)23-9-2-3-10-24(23)26(28)30/h2-3,6-14,17H,1,4-5,15-16,18H2. The first kappa shape index (κ1) is 21.6. The van der Waals surface area contributed by atoms with Crippen LogP contribution in [0.3, 0.4) is 0 Å². The number of rotatable bonds is 10. The van der Waals surface area contributed by atoms with E-state index in [1.807, 2.05) is 30.3 Å². The first-order valence-corrected chi connectivity index (χ1v) is 10.7. The van der Waals surface area contributed by atoms with E-state index in [4.69, 9.17) is 9.47 Å². The van der Waals surface area contributed by atoms with Gasteiger partial charge in [0, 0.05) is 6.54 Å². The van der Waals surface area contributed by atoms with Gasteiger partial charge in [-0.1, -0.05) is 24.3 Å². The highest BCUT2D eigenvalue weighted by atomic mass is 19.1. The second-order valence-corrected chi connectivity index (χ2v) is 7.61. The summed E-state index contributed by atoms with van der Waals surface area (Å²) in [5, 5.41) is 0. The predicted molar refractivity (Wildman–Crippen MR) is 118 cm³/mol. The molecule has 5 nitrogen and oxygen atoms in total. The lowest BCUT2D eigenvalue weighted by Crippen LogP contribution is -2.30. The molecular weight excluding hydrogens is 409 g/mol. The number of ether oxygens (including phenoxy) is 2. The fraction of sp³-hybridized carbons (Fsp3) is 0.231. The minimum Gasteiger partial charge on any atom is -0.494 e. The van der Waals surface area contributed by atoms with Crippen LogP contribution >= 0.6 is 0 Å². The summed E-state index contributed by atoms with van der Waals surface area (Å²) in [6.45, 7) is 1.26. The summed E-state index contributed by atoms with van der Waals surface area (Å²) >= 11 is 0. The molecule has 0 radical (unpaired) electrons. The third-order valence-electron chi connectivity index (χ3n) is 5.29. The van der Waals surface area contributed by atoms with Crippen molar-refractivity contribution < 1.29 is 23.5 Å². The lowest BCUT2D eigenvalue weighted by molar-refractivity contribution is 0.0651. The maximum atomic E-state index is 13.2. The van der Waals surface area contributed by atoms with Crippen molar-refractivity contribution in [3.8, 4) is 11.5 Å². The number of unbranched alkanes of at least 4 members (excludes halogenated alkanes) is 2. The molecule has 3 aromatic rings. The zero-order valence-corrected chi connectivity index (χ0v) is 17.6. The Balaban J connectivity index is 1.14. The molecule has 3 aromatic carbocycles. The first-order chi connectivity index (χ1) is 15.6. The van der Waals surface area contributed by atoms with Crippen LogP contribution < -0.4 is 9.47 Å². The van der Waals surface area contributed by atoms with E-state index < -0.39 is 0 Å². The Morgan fingerprint density at radius 1 is 0.719 bits per heavy atom. The molecule has 0 unspecified atom stereocenters. The molecule has 0 bridgehead atoms. The molecule has 164 valence electrons. The molecule has 32 heavy (non-hydrogen) atoms. The molecule has 0 saturated heterocycles. The van der Waals surface area contributed by atoms with Gasteiger partial charge in [-0.15, -0.1) is 0 Å². The van der Waals surface area contributed by atoms with Crippen molar-refractivity contribution in [2.75, 3.05) is 13.2 Å². The Morgan fingerprint density at radius 3 is 2.03 bits per heavy atom. The molecule has 0 aromatic heterocycles. The average Bonchev–Trinajstić information content (AvgIpc) is 3.05. The van der Waals surface area contributed by atoms with Crippen molar-refractivity contribution in [1.82, 2.24) is 4.90 Å². The van der Waals surface area contributed by atoms with Crippen LogP contribution in [0.2, 0.25) is 0 Å². The van der Waals surface area contributed by atoms with Crippen LogP contribution in [-0.4, -0.2) is 29.9 Å². The zero-order chi connectivity index (χ0) is 22.3. The van der Waals surface area contributed by atoms with E-state index in [-0.39, 0.29) is 17.6 Å². The summed E-state index contributed by atoms with van der Waals surface area (Å²) in [5.41, 5.74) is 1.75. The highest BCUT2D eigenvalue weighted by molar-refractivity contribution is 6.21. The van der Waals surface area contributed by atoms with Gasteiger partial charge in [-0.3, -0.25) is 14.5 Å². The SMILES string of the molecule is O=C1c2ccccc2C(=O)N1CCCCCOc1ccc(OCc2cccc(F)c2)cc1. The van der Waals surface area contributed by atoms with E-state index in [0.717, 1.165) is 30.6 Å². The van der Waals surface area contributed by atoms with E-state index in [0.29, 0.717) is 36.6 Å². The summed E-state index contributed by atoms with van der Waals surface area (Å²) in [6, 6.07) is 20.6. The van der Waals surface area contributed by atoms with Crippen molar-refractivity contribution >= 4 is 11.8 Å². The highest BCUT2D eigenvalue weighted by Gasteiger charge is 2.34. The van der Waals surface area contributed by atoms with Crippen molar-refractivity contribution in [2.24, 2.45) is 0 Å². The number of nitrogens with zero attached hydrogens (tertiary/aromatic N) is 1. The maximum Gasteiger partial charge on any atom is 0.261 e. The van der Waals surface area contributed by atoms with E-state index in [1.54, 1.807) is 30.3 Å². The molecule has 0 saturated carbocycles.